The second kappa shape index (κ2) is 11.8. The topological polar surface area (TPSA) is 36.9 Å². The summed E-state index contributed by atoms with van der Waals surface area (Å²) in [4.78, 5) is 6.70. The first kappa shape index (κ1) is 19.0. The highest BCUT2D eigenvalue weighted by molar-refractivity contribution is 14.0. The van der Waals surface area contributed by atoms with Crippen molar-refractivity contribution in [2.45, 2.75) is 39.5 Å². The number of nitrogens with zero attached hydrogens (tertiary/aromatic N) is 2. The van der Waals surface area contributed by atoms with Crippen LogP contribution in [0.1, 0.15) is 39.5 Å². The molecular formula is C14H30IN3O. The SMILES string of the molecule is CCCCOCCNC(=NC)N1CCC(C)CC1.I. The quantitative estimate of drug-likeness (QED) is 0.332. The lowest BCUT2D eigenvalue weighted by Gasteiger charge is -2.32. The average Bonchev–Trinajstić information content (AvgIpc) is 2.39. The van der Waals surface area contributed by atoms with Crippen molar-refractivity contribution >= 4 is 29.9 Å². The Kier molecular flexibility index (Phi) is 11.7. The van der Waals surface area contributed by atoms with Crippen molar-refractivity contribution in [2.24, 2.45) is 10.9 Å². The maximum Gasteiger partial charge on any atom is 0.193 e. The zero-order valence-corrected chi connectivity index (χ0v) is 15.0. The summed E-state index contributed by atoms with van der Waals surface area (Å²) in [7, 11) is 1.86. The molecule has 19 heavy (non-hydrogen) atoms. The minimum Gasteiger partial charge on any atom is -0.380 e. The van der Waals surface area contributed by atoms with Crippen LogP contribution >= 0.6 is 24.0 Å². The van der Waals surface area contributed by atoms with Crippen molar-refractivity contribution < 1.29 is 4.74 Å². The maximum atomic E-state index is 5.54. The highest BCUT2D eigenvalue weighted by atomic mass is 127. The van der Waals surface area contributed by atoms with Crippen molar-refractivity contribution in [1.29, 1.82) is 0 Å². The van der Waals surface area contributed by atoms with Crippen LogP contribution in [0.2, 0.25) is 0 Å². The minimum atomic E-state index is 0. The third-order valence-corrected chi connectivity index (χ3v) is 3.47. The van der Waals surface area contributed by atoms with E-state index in [1.54, 1.807) is 0 Å². The van der Waals surface area contributed by atoms with Gasteiger partial charge in [-0.15, -0.1) is 24.0 Å². The van der Waals surface area contributed by atoms with E-state index in [1.807, 2.05) is 7.05 Å². The van der Waals surface area contributed by atoms with Gasteiger partial charge in [-0.1, -0.05) is 20.3 Å². The fraction of sp³-hybridized carbons (Fsp3) is 0.929. The number of ether oxygens (including phenoxy) is 1. The molecule has 0 amide bonds. The molecule has 1 saturated heterocycles. The molecule has 0 bridgehead atoms. The molecule has 0 unspecified atom stereocenters. The molecule has 0 spiro atoms. The summed E-state index contributed by atoms with van der Waals surface area (Å²) in [6.07, 6.45) is 4.89. The first-order valence-electron chi connectivity index (χ1n) is 7.31. The van der Waals surface area contributed by atoms with Crippen LogP contribution in [0.5, 0.6) is 0 Å². The summed E-state index contributed by atoms with van der Waals surface area (Å²) in [5, 5.41) is 3.38. The Bertz CT molecular complexity index is 241. The third-order valence-electron chi connectivity index (χ3n) is 3.47. The summed E-state index contributed by atoms with van der Waals surface area (Å²) in [6.45, 7) is 9.24. The second-order valence-electron chi connectivity index (χ2n) is 5.11. The Morgan fingerprint density at radius 1 is 1.32 bits per heavy atom. The highest BCUT2D eigenvalue weighted by Crippen LogP contribution is 2.15. The van der Waals surface area contributed by atoms with Crippen LogP contribution in [0, 0.1) is 5.92 Å². The molecule has 0 radical (unpaired) electrons. The number of piperidine rings is 1. The Balaban J connectivity index is 0.00000324. The van der Waals surface area contributed by atoms with Crippen molar-refractivity contribution in [3.8, 4) is 0 Å². The standard InChI is InChI=1S/C14H29N3O.HI/c1-4-5-11-18-12-8-16-14(15-3)17-9-6-13(2)7-10-17;/h13H,4-12H2,1-3H3,(H,15,16);1H. The van der Waals surface area contributed by atoms with E-state index in [9.17, 15) is 0 Å². The van der Waals surface area contributed by atoms with Gasteiger partial charge in [0.2, 0.25) is 0 Å². The number of nitrogens with one attached hydrogen (secondary N) is 1. The van der Waals surface area contributed by atoms with Gasteiger partial charge in [0.1, 0.15) is 0 Å². The number of unbranched alkanes of at least 4 members (excludes halogenated alkanes) is 1. The van der Waals surface area contributed by atoms with Gasteiger partial charge in [-0.25, -0.2) is 0 Å². The van der Waals surface area contributed by atoms with Crippen LogP contribution in [0.3, 0.4) is 0 Å². The summed E-state index contributed by atoms with van der Waals surface area (Å²) in [6, 6.07) is 0. The van der Waals surface area contributed by atoms with Gasteiger partial charge in [0.15, 0.2) is 5.96 Å². The van der Waals surface area contributed by atoms with Gasteiger partial charge in [-0.2, -0.15) is 0 Å². The summed E-state index contributed by atoms with van der Waals surface area (Å²) < 4.78 is 5.54. The van der Waals surface area contributed by atoms with Crippen molar-refractivity contribution in [3.63, 3.8) is 0 Å². The van der Waals surface area contributed by atoms with Gasteiger partial charge in [0.25, 0.3) is 0 Å². The molecule has 5 heteroatoms. The normalized spacial score (nSPS) is 17.2. The lowest BCUT2D eigenvalue weighted by Crippen LogP contribution is -2.46. The molecule has 1 rings (SSSR count). The number of likely N-dealkylation sites (tertiary alicyclic amines) is 1. The summed E-state index contributed by atoms with van der Waals surface area (Å²) >= 11 is 0. The van der Waals surface area contributed by atoms with Gasteiger partial charge in [-0.3, -0.25) is 4.99 Å². The Morgan fingerprint density at radius 2 is 2.00 bits per heavy atom. The molecule has 0 saturated carbocycles. The van der Waals surface area contributed by atoms with Gasteiger partial charge < -0.3 is 15.0 Å². The smallest absolute Gasteiger partial charge is 0.193 e. The first-order valence-corrected chi connectivity index (χ1v) is 7.31. The van der Waals surface area contributed by atoms with Crippen molar-refractivity contribution in [2.75, 3.05) is 39.9 Å². The molecule has 1 aliphatic heterocycles. The summed E-state index contributed by atoms with van der Waals surface area (Å²) in [5.41, 5.74) is 0. The van der Waals surface area contributed by atoms with E-state index in [2.05, 4.69) is 29.1 Å². The number of hydrogen-bond donors (Lipinski definition) is 1. The zero-order valence-electron chi connectivity index (χ0n) is 12.7. The predicted octanol–water partition coefficient (Wildman–Crippen LogP) is 2.73. The molecule has 1 heterocycles. The third kappa shape index (κ3) is 7.97. The van der Waals surface area contributed by atoms with Crippen LogP contribution in [-0.2, 0) is 4.74 Å². The molecule has 0 aromatic heterocycles. The number of aliphatic imine (C=N–C) groups is 1. The van der Waals surface area contributed by atoms with Crippen molar-refractivity contribution in [3.05, 3.63) is 0 Å². The van der Waals surface area contributed by atoms with E-state index in [1.165, 1.54) is 19.3 Å². The number of halogens is 1. The molecule has 1 fully saturated rings. The van der Waals surface area contributed by atoms with E-state index in [0.717, 1.165) is 51.1 Å². The van der Waals surface area contributed by atoms with Gasteiger partial charge in [-0.05, 0) is 25.2 Å². The number of guanidine groups is 1. The molecule has 0 aromatic carbocycles. The van der Waals surface area contributed by atoms with Gasteiger partial charge in [0, 0.05) is 33.3 Å². The van der Waals surface area contributed by atoms with E-state index >= 15 is 0 Å². The fourth-order valence-corrected chi connectivity index (χ4v) is 2.14. The predicted molar refractivity (Wildman–Crippen MR) is 92.5 cm³/mol. The Labute approximate surface area is 135 Å². The lowest BCUT2D eigenvalue weighted by molar-refractivity contribution is 0.135. The molecule has 1 aliphatic rings. The first-order chi connectivity index (χ1) is 8.77. The second-order valence-corrected chi connectivity index (χ2v) is 5.11. The van der Waals surface area contributed by atoms with E-state index < -0.39 is 0 Å². The fourth-order valence-electron chi connectivity index (χ4n) is 2.14. The van der Waals surface area contributed by atoms with Gasteiger partial charge >= 0.3 is 0 Å². The van der Waals surface area contributed by atoms with E-state index in [4.69, 9.17) is 4.74 Å². The molecule has 0 atom stereocenters. The molecule has 4 nitrogen and oxygen atoms in total. The number of rotatable bonds is 6. The lowest BCUT2D eigenvalue weighted by atomic mass is 10.00. The van der Waals surface area contributed by atoms with Crippen LogP contribution < -0.4 is 5.32 Å². The molecule has 0 aromatic rings. The average molecular weight is 383 g/mol. The van der Waals surface area contributed by atoms with Crippen LogP contribution in [0.25, 0.3) is 0 Å². The Morgan fingerprint density at radius 3 is 2.58 bits per heavy atom. The van der Waals surface area contributed by atoms with Crippen LogP contribution in [0.15, 0.2) is 4.99 Å². The highest BCUT2D eigenvalue weighted by Gasteiger charge is 2.17. The van der Waals surface area contributed by atoms with Gasteiger partial charge in [0.05, 0.1) is 6.61 Å². The monoisotopic (exact) mass is 383 g/mol. The number of hydrogen-bond acceptors (Lipinski definition) is 2. The largest absolute Gasteiger partial charge is 0.380 e. The molecule has 0 aliphatic carbocycles. The zero-order chi connectivity index (χ0) is 13.2. The van der Waals surface area contributed by atoms with Crippen LogP contribution in [0.4, 0.5) is 0 Å². The van der Waals surface area contributed by atoms with Crippen molar-refractivity contribution in [1.82, 2.24) is 10.2 Å². The molecular weight excluding hydrogens is 353 g/mol. The maximum absolute atomic E-state index is 5.54. The van der Waals surface area contributed by atoms with Crippen LogP contribution in [-0.4, -0.2) is 50.8 Å². The minimum absolute atomic E-state index is 0. The Hall–Kier alpha value is -0.0400. The van der Waals surface area contributed by atoms with E-state index in [0.29, 0.717) is 0 Å². The summed E-state index contributed by atoms with van der Waals surface area (Å²) in [5.74, 6) is 1.89. The molecule has 114 valence electrons. The van der Waals surface area contributed by atoms with E-state index in [-0.39, 0.29) is 24.0 Å². The molecule has 1 N–H and O–H groups in total.